The Kier molecular flexibility index (Phi) is 13.3. The molecule has 0 aromatic rings. The van der Waals surface area contributed by atoms with E-state index in [9.17, 15) is 40.5 Å². The number of rotatable bonds is 11. The highest BCUT2D eigenvalue weighted by Crippen LogP contribution is 2.34. The largest absolute Gasteiger partial charge is 0.394 e. The van der Waals surface area contributed by atoms with Crippen molar-refractivity contribution >= 4 is 5.91 Å². The fourth-order valence-electron chi connectivity index (χ4n) is 6.12. The average molecular weight is 685 g/mol. The third-order valence-corrected chi connectivity index (χ3v) is 9.14. The summed E-state index contributed by atoms with van der Waals surface area (Å²) in [6, 6.07) is -4.32. The van der Waals surface area contributed by atoms with Gasteiger partial charge in [-0.25, -0.2) is 0 Å². The van der Waals surface area contributed by atoms with Gasteiger partial charge >= 0.3 is 0 Å². The molecule has 4 fully saturated rings. The van der Waals surface area contributed by atoms with Crippen LogP contribution in [0.15, 0.2) is 0 Å². The quantitative estimate of drug-likeness (QED) is 0.0960. The molecule has 0 bridgehead atoms. The highest BCUT2D eigenvalue weighted by Gasteiger charge is 2.54. The Hall–Kier alpha value is -1.25. The molecule has 3 saturated heterocycles. The van der Waals surface area contributed by atoms with Crippen LogP contribution < -0.4 is 34.0 Å². The summed E-state index contributed by atoms with van der Waals surface area (Å²) in [4.78, 5) is 12.1. The summed E-state index contributed by atoms with van der Waals surface area (Å²) in [5.74, 6) is -0.673. The molecule has 9 unspecified atom stereocenters. The third-order valence-electron chi connectivity index (χ3n) is 9.14. The maximum atomic E-state index is 12.1. The van der Waals surface area contributed by atoms with Gasteiger partial charge in [-0.2, -0.15) is 0 Å². The van der Waals surface area contributed by atoms with E-state index in [2.05, 4.69) is 5.32 Å². The summed E-state index contributed by atoms with van der Waals surface area (Å²) in [6.07, 6.45) is -20.5. The topological polar surface area (TPSA) is 356 Å². The summed E-state index contributed by atoms with van der Waals surface area (Å²) < 4.78 is 35.1. The molecule has 47 heavy (non-hydrogen) atoms. The highest BCUT2D eigenvalue weighted by atomic mass is 16.8. The predicted molar refractivity (Wildman–Crippen MR) is 157 cm³/mol. The van der Waals surface area contributed by atoms with E-state index >= 15 is 0 Å². The number of aliphatic hydroxyl groups is 7. The second kappa shape index (κ2) is 16.2. The molecular formula is C27H52N6O14. The Morgan fingerprint density at radius 2 is 1.21 bits per heavy atom. The Morgan fingerprint density at radius 1 is 0.702 bits per heavy atom. The molecule has 20 heteroatoms. The maximum absolute atomic E-state index is 12.1. The van der Waals surface area contributed by atoms with E-state index in [4.69, 9.17) is 57.1 Å². The van der Waals surface area contributed by atoms with Crippen LogP contribution in [0.25, 0.3) is 0 Å². The number of hydrogen-bond acceptors (Lipinski definition) is 19. The molecule has 274 valence electrons. The van der Waals surface area contributed by atoms with Crippen molar-refractivity contribution in [1.82, 2.24) is 5.32 Å². The van der Waals surface area contributed by atoms with Gasteiger partial charge in [0.1, 0.15) is 67.1 Å². The van der Waals surface area contributed by atoms with Crippen molar-refractivity contribution in [2.75, 3.05) is 19.7 Å². The summed E-state index contributed by atoms with van der Waals surface area (Å²) >= 11 is 0. The molecule has 1 saturated carbocycles. The zero-order chi connectivity index (χ0) is 34.9. The van der Waals surface area contributed by atoms with Gasteiger partial charge in [0.25, 0.3) is 0 Å². The summed E-state index contributed by atoms with van der Waals surface area (Å²) in [5.41, 5.74) is 30.2. The molecule has 0 aromatic heterocycles. The van der Waals surface area contributed by atoms with Crippen LogP contribution in [0.5, 0.6) is 0 Å². The molecular weight excluding hydrogens is 632 g/mol. The Balaban J connectivity index is 1.48. The van der Waals surface area contributed by atoms with Gasteiger partial charge in [0, 0.05) is 31.1 Å². The molecule has 18 N–H and O–H groups in total. The Morgan fingerprint density at radius 3 is 1.77 bits per heavy atom. The maximum Gasteiger partial charge on any atom is 0.222 e. The van der Waals surface area contributed by atoms with Crippen LogP contribution in [-0.4, -0.2) is 178 Å². The number of ether oxygens (including phenoxy) is 6. The van der Waals surface area contributed by atoms with Crippen LogP contribution in [0.4, 0.5) is 0 Å². The van der Waals surface area contributed by atoms with Crippen LogP contribution in [0.2, 0.25) is 0 Å². The number of amides is 1. The minimum atomic E-state index is -1.65. The smallest absolute Gasteiger partial charge is 0.222 e. The molecule has 4 rings (SSSR count). The van der Waals surface area contributed by atoms with Gasteiger partial charge in [0.2, 0.25) is 5.91 Å². The molecule has 19 atom stereocenters. The van der Waals surface area contributed by atoms with Crippen LogP contribution in [-0.2, 0) is 33.2 Å². The zero-order valence-electron chi connectivity index (χ0n) is 26.3. The number of nitrogens with two attached hydrogens (primary N) is 5. The van der Waals surface area contributed by atoms with E-state index in [0.717, 1.165) is 0 Å². The number of carbonyl (C=O) groups is 1. The van der Waals surface area contributed by atoms with E-state index in [1.165, 1.54) is 0 Å². The van der Waals surface area contributed by atoms with Crippen molar-refractivity contribution in [3.05, 3.63) is 0 Å². The van der Waals surface area contributed by atoms with Crippen molar-refractivity contribution in [2.45, 2.75) is 137 Å². The lowest BCUT2D eigenvalue weighted by molar-refractivity contribution is -0.306. The number of hydrogen-bond donors (Lipinski definition) is 13. The van der Waals surface area contributed by atoms with E-state index in [-0.39, 0.29) is 31.3 Å². The summed E-state index contributed by atoms with van der Waals surface area (Å²) in [7, 11) is 0. The predicted octanol–water partition coefficient (Wildman–Crippen LogP) is -8.08. The van der Waals surface area contributed by atoms with Gasteiger partial charge in [-0.3, -0.25) is 4.79 Å². The fourth-order valence-corrected chi connectivity index (χ4v) is 6.12. The minimum Gasteiger partial charge on any atom is -0.394 e. The second-order valence-electron chi connectivity index (χ2n) is 12.9. The first-order chi connectivity index (χ1) is 22.1. The molecule has 0 spiro atoms. The van der Waals surface area contributed by atoms with Gasteiger partial charge in [0.05, 0.1) is 24.8 Å². The van der Waals surface area contributed by atoms with Crippen LogP contribution in [0, 0.1) is 5.92 Å². The lowest BCUT2D eigenvalue weighted by Gasteiger charge is -2.47. The van der Waals surface area contributed by atoms with Crippen molar-refractivity contribution in [1.29, 1.82) is 0 Å². The van der Waals surface area contributed by atoms with Crippen molar-refractivity contribution in [3.8, 4) is 0 Å². The second-order valence-corrected chi connectivity index (χ2v) is 12.9. The van der Waals surface area contributed by atoms with Gasteiger partial charge in [0.15, 0.2) is 18.9 Å². The Labute approximate surface area is 271 Å². The fraction of sp³-hybridized carbons (Fsp3) is 0.963. The summed E-state index contributed by atoms with van der Waals surface area (Å²) in [6.45, 7) is 2.32. The lowest BCUT2D eigenvalue weighted by atomic mass is 9.84. The van der Waals surface area contributed by atoms with Crippen molar-refractivity contribution in [3.63, 3.8) is 0 Å². The molecule has 3 heterocycles. The van der Waals surface area contributed by atoms with E-state index in [1.807, 2.05) is 0 Å². The van der Waals surface area contributed by atoms with Gasteiger partial charge < -0.3 is 98.2 Å². The van der Waals surface area contributed by atoms with E-state index in [0.29, 0.717) is 0 Å². The van der Waals surface area contributed by atoms with Gasteiger partial charge in [-0.15, -0.1) is 0 Å². The van der Waals surface area contributed by atoms with Crippen LogP contribution in [0.1, 0.15) is 20.3 Å². The molecule has 3 aliphatic heterocycles. The first-order valence-corrected chi connectivity index (χ1v) is 15.7. The SMILES string of the molecule is CC(C)C(=O)NCC1O[C@H](O[C@@H]2[C@H](O)[C@H](OC3C(O)[C@H](N)CC(N)[C@H]3O[C@H]3OC(CN)[C@@H](O)C(O)C3N)O[C@@H]2CO)C(N)C(O)[C@@H]1O. The highest BCUT2D eigenvalue weighted by molar-refractivity contribution is 5.77. The first-order valence-electron chi connectivity index (χ1n) is 15.7. The van der Waals surface area contributed by atoms with Crippen molar-refractivity contribution < 1.29 is 69.0 Å². The van der Waals surface area contributed by atoms with Crippen LogP contribution >= 0.6 is 0 Å². The van der Waals surface area contributed by atoms with Gasteiger partial charge in [-0.05, 0) is 6.42 Å². The standard InChI is InChI=1S/C27H52N6O14/c1-7(2)24(41)33-5-11-17(37)19(39)14(32)26(43-11)46-22-12(6-34)44-27(20(22)40)47-23-15(35)8(29)3-9(30)21(23)45-25-13(31)18(38)16(36)10(4-28)42-25/h7-23,25-27,34-40H,3-6,28-32H2,1-2H3,(H,33,41)/t8-,9?,10?,11?,12-,13?,14?,15?,16-,17-,18?,19?,20+,21-,22+,23?,25-,26-,27+/m1/s1. The van der Waals surface area contributed by atoms with Gasteiger partial charge in [-0.1, -0.05) is 13.8 Å². The molecule has 1 amide bonds. The third kappa shape index (κ3) is 8.22. The van der Waals surface area contributed by atoms with E-state index < -0.39 is 123 Å². The van der Waals surface area contributed by atoms with Crippen LogP contribution in [0.3, 0.4) is 0 Å². The number of nitrogens with one attached hydrogen (secondary N) is 1. The minimum absolute atomic E-state index is 0.0715. The lowest BCUT2D eigenvalue weighted by Crippen LogP contribution is -2.68. The van der Waals surface area contributed by atoms with E-state index in [1.54, 1.807) is 13.8 Å². The summed E-state index contributed by atoms with van der Waals surface area (Å²) in [5, 5.41) is 76.7. The first kappa shape index (κ1) is 38.6. The molecule has 4 aliphatic rings. The molecule has 1 aliphatic carbocycles. The molecule has 0 radical (unpaired) electrons. The Bertz CT molecular complexity index is 1020. The number of carbonyl (C=O) groups excluding carboxylic acids is 1. The zero-order valence-corrected chi connectivity index (χ0v) is 26.3. The normalized spacial score (nSPS) is 49.3. The number of aliphatic hydroxyl groups excluding tert-OH is 7. The average Bonchev–Trinajstić information content (AvgIpc) is 3.33. The monoisotopic (exact) mass is 684 g/mol. The van der Waals surface area contributed by atoms with Crippen molar-refractivity contribution in [2.24, 2.45) is 34.6 Å². The molecule has 20 nitrogen and oxygen atoms in total. The molecule has 0 aromatic carbocycles.